The molecular weight excluding hydrogens is 358 g/mol. The van der Waals surface area contributed by atoms with Crippen LogP contribution in [0.1, 0.15) is 29.7 Å². The van der Waals surface area contributed by atoms with Gasteiger partial charge in [-0.1, -0.05) is 48.5 Å². The molecule has 4 nitrogen and oxygen atoms in total. The number of fused-ring (bicyclic) bond motifs is 3. The van der Waals surface area contributed by atoms with Gasteiger partial charge in [0.15, 0.2) is 0 Å². The van der Waals surface area contributed by atoms with Crippen LogP contribution < -0.4 is 0 Å². The van der Waals surface area contributed by atoms with Gasteiger partial charge in [0.1, 0.15) is 5.75 Å². The van der Waals surface area contributed by atoms with Crippen molar-refractivity contribution in [2.45, 2.75) is 13.0 Å². The molecule has 1 aliphatic carbocycles. The van der Waals surface area contributed by atoms with E-state index in [4.69, 9.17) is 5.10 Å². The number of phenolic OH excluding ortho intramolecular Hbond substituents is 1. The Morgan fingerprint density at radius 2 is 1.34 bits per heavy atom. The molecule has 0 saturated carbocycles. The smallest absolute Gasteiger partial charge is 0.115 e. The number of phenols is 1. The zero-order valence-corrected chi connectivity index (χ0v) is 16.6. The Labute approximate surface area is 171 Å². The average molecular weight is 383 g/mol. The highest BCUT2D eigenvalue weighted by Crippen LogP contribution is 2.46. The Balaban J connectivity index is 1.33. The predicted octanol–water partition coefficient (Wildman–Crippen LogP) is 4.50. The summed E-state index contributed by atoms with van der Waals surface area (Å²) in [6, 6.07) is 25.2. The summed E-state index contributed by atoms with van der Waals surface area (Å²) in [5.41, 5.74) is 7.61. The summed E-state index contributed by atoms with van der Waals surface area (Å²) in [6.07, 6.45) is 0. The summed E-state index contributed by atoms with van der Waals surface area (Å²) in [4.78, 5) is 2.59. The van der Waals surface area contributed by atoms with Gasteiger partial charge in [-0.3, -0.25) is 9.91 Å². The van der Waals surface area contributed by atoms with Crippen molar-refractivity contribution in [3.8, 4) is 16.9 Å². The van der Waals surface area contributed by atoms with Crippen molar-refractivity contribution in [3.63, 3.8) is 0 Å². The van der Waals surface area contributed by atoms with Crippen LogP contribution in [0.25, 0.3) is 11.1 Å². The zero-order chi connectivity index (χ0) is 19.8. The molecule has 29 heavy (non-hydrogen) atoms. The number of rotatable bonds is 3. The molecule has 0 spiro atoms. The first-order chi connectivity index (χ1) is 14.2. The molecule has 0 atom stereocenters. The Morgan fingerprint density at radius 1 is 0.793 bits per heavy atom. The fourth-order valence-corrected chi connectivity index (χ4v) is 4.56. The minimum absolute atomic E-state index is 0.285. The van der Waals surface area contributed by atoms with E-state index in [1.54, 1.807) is 12.1 Å². The predicted molar refractivity (Wildman–Crippen MR) is 117 cm³/mol. The van der Waals surface area contributed by atoms with E-state index in [1.165, 1.54) is 22.3 Å². The van der Waals surface area contributed by atoms with Gasteiger partial charge < -0.3 is 5.11 Å². The summed E-state index contributed by atoms with van der Waals surface area (Å²) in [5, 5.41) is 16.5. The van der Waals surface area contributed by atoms with Crippen LogP contribution in [0.4, 0.5) is 0 Å². The highest BCUT2D eigenvalue weighted by atomic mass is 16.3. The highest BCUT2D eigenvalue weighted by molar-refractivity contribution is 5.98. The van der Waals surface area contributed by atoms with Crippen LogP contribution in [0.15, 0.2) is 77.9 Å². The molecule has 1 heterocycles. The normalized spacial score (nSPS) is 17.3. The van der Waals surface area contributed by atoms with Crippen molar-refractivity contribution >= 4 is 5.71 Å². The summed E-state index contributed by atoms with van der Waals surface area (Å²) < 4.78 is 0. The van der Waals surface area contributed by atoms with Crippen LogP contribution in [0.3, 0.4) is 0 Å². The number of piperazine rings is 1. The Hall–Kier alpha value is -3.11. The van der Waals surface area contributed by atoms with Gasteiger partial charge in [-0.25, -0.2) is 0 Å². The molecule has 0 unspecified atom stereocenters. The number of nitrogens with zero attached hydrogens (tertiary/aromatic N) is 3. The van der Waals surface area contributed by atoms with Crippen LogP contribution >= 0.6 is 0 Å². The minimum atomic E-state index is 0.285. The fraction of sp³-hybridized carbons (Fsp3) is 0.240. The van der Waals surface area contributed by atoms with Gasteiger partial charge in [-0.2, -0.15) is 5.10 Å². The molecule has 3 aromatic carbocycles. The maximum absolute atomic E-state index is 9.48. The van der Waals surface area contributed by atoms with Gasteiger partial charge in [0.25, 0.3) is 0 Å². The third-order valence-electron chi connectivity index (χ3n) is 6.03. The maximum atomic E-state index is 9.48. The largest absolute Gasteiger partial charge is 0.508 e. The van der Waals surface area contributed by atoms with Crippen molar-refractivity contribution in [2.75, 3.05) is 26.2 Å². The van der Waals surface area contributed by atoms with E-state index in [9.17, 15) is 5.11 Å². The third kappa shape index (κ3) is 3.30. The second kappa shape index (κ2) is 7.37. The summed E-state index contributed by atoms with van der Waals surface area (Å²) >= 11 is 0. The topological polar surface area (TPSA) is 39.1 Å². The van der Waals surface area contributed by atoms with Gasteiger partial charge in [0.05, 0.1) is 11.8 Å². The molecule has 1 N–H and O–H groups in total. The Kier molecular flexibility index (Phi) is 4.57. The molecule has 0 bridgehead atoms. The maximum Gasteiger partial charge on any atom is 0.115 e. The first-order valence-corrected chi connectivity index (χ1v) is 10.2. The van der Waals surface area contributed by atoms with E-state index in [2.05, 4.69) is 58.4 Å². The lowest BCUT2D eigenvalue weighted by Gasteiger charge is -2.37. The van der Waals surface area contributed by atoms with Crippen molar-refractivity contribution in [1.29, 1.82) is 0 Å². The molecule has 5 rings (SSSR count). The zero-order valence-electron chi connectivity index (χ0n) is 16.6. The van der Waals surface area contributed by atoms with Crippen molar-refractivity contribution in [1.82, 2.24) is 9.91 Å². The third-order valence-corrected chi connectivity index (χ3v) is 6.03. The molecule has 1 fully saturated rings. The van der Waals surface area contributed by atoms with Gasteiger partial charge in [-0.05, 0) is 59.0 Å². The molecular formula is C25H25N3O. The van der Waals surface area contributed by atoms with Crippen LogP contribution in [-0.4, -0.2) is 46.9 Å². The quantitative estimate of drug-likeness (QED) is 0.677. The second-order valence-electron chi connectivity index (χ2n) is 7.80. The first-order valence-electron chi connectivity index (χ1n) is 10.2. The van der Waals surface area contributed by atoms with E-state index in [-0.39, 0.29) is 5.75 Å². The average Bonchev–Trinajstić information content (AvgIpc) is 3.09. The fourth-order valence-electron chi connectivity index (χ4n) is 4.56. The second-order valence-corrected chi connectivity index (χ2v) is 7.80. The van der Waals surface area contributed by atoms with Crippen LogP contribution in [0, 0.1) is 0 Å². The summed E-state index contributed by atoms with van der Waals surface area (Å²) in [5.74, 6) is 0.285. The number of hydrogen-bond donors (Lipinski definition) is 1. The molecule has 146 valence electrons. The van der Waals surface area contributed by atoms with E-state index >= 15 is 0 Å². The molecule has 0 amide bonds. The van der Waals surface area contributed by atoms with Gasteiger partial charge in [0, 0.05) is 26.2 Å². The monoisotopic (exact) mass is 383 g/mol. The molecule has 4 heteroatoms. The lowest BCUT2D eigenvalue weighted by molar-refractivity contribution is 0.114. The van der Waals surface area contributed by atoms with Crippen molar-refractivity contribution in [3.05, 3.63) is 89.5 Å². The van der Waals surface area contributed by atoms with Crippen molar-refractivity contribution < 1.29 is 5.11 Å². The van der Waals surface area contributed by atoms with Crippen LogP contribution in [-0.2, 0) is 0 Å². The van der Waals surface area contributed by atoms with Crippen molar-refractivity contribution in [2.24, 2.45) is 5.10 Å². The number of hydrogen-bond acceptors (Lipinski definition) is 4. The van der Waals surface area contributed by atoms with Gasteiger partial charge in [0.2, 0.25) is 0 Å². The lowest BCUT2D eigenvalue weighted by Crippen LogP contribution is -2.45. The van der Waals surface area contributed by atoms with Gasteiger partial charge >= 0.3 is 0 Å². The molecule has 2 aliphatic rings. The van der Waals surface area contributed by atoms with Crippen LogP contribution in [0.5, 0.6) is 5.75 Å². The lowest BCUT2D eigenvalue weighted by atomic mass is 10.0. The van der Waals surface area contributed by atoms with E-state index in [0.717, 1.165) is 37.5 Å². The minimum Gasteiger partial charge on any atom is -0.508 e. The van der Waals surface area contributed by atoms with E-state index < -0.39 is 0 Å². The highest BCUT2D eigenvalue weighted by Gasteiger charge is 2.33. The molecule has 1 aliphatic heterocycles. The first kappa shape index (κ1) is 18.0. The number of aromatic hydroxyl groups is 1. The van der Waals surface area contributed by atoms with E-state index in [1.807, 2.05) is 19.1 Å². The standard InChI is InChI=1S/C25H25N3O/c1-18(19-10-12-20(29)13-11-19)26-28-16-14-27(15-17-28)25-23-8-4-2-6-21(23)22-7-3-5-9-24(22)25/h2-13,25,29H,14-17H2,1H3/b26-18-. The van der Waals surface area contributed by atoms with Gasteiger partial charge in [-0.15, -0.1) is 0 Å². The molecule has 0 radical (unpaired) electrons. The van der Waals surface area contributed by atoms with Crippen LogP contribution in [0.2, 0.25) is 0 Å². The Morgan fingerprint density at radius 3 is 1.93 bits per heavy atom. The van der Waals surface area contributed by atoms with E-state index in [0.29, 0.717) is 6.04 Å². The molecule has 3 aromatic rings. The SMILES string of the molecule is C/C(=N/N1CCN(C2c3ccccc3-c3ccccc32)CC1)c1ccc(O)cc1. The summed E-state index contributed by atoms with van der Waals surface area (Å²) in [6.45, 7) is 5.83. The number of benzene rings is 3. The summed E-state index contributed by atoms with van der Waals surface area (Å²) in [7, 11) is 0. The number of hydrazone groups is 1. The molecule has 0 aromatic heterocycles. The molecule has 1 saturated heterocycles. The Bertz CT molecular complexity index is 1000.